The number of benzene rings is 2. The molecule has 0 aliphatic carbocycles. The minimum Gasteiger partial charge on any atom is -0.494 e. The molecule has 0 fully saturated rings. The monoisotopic (exact) mass is 342 g/mol. The molecule has 3 rings (SSSR count). The molecule has 0 amide bonds. The number of hydrogen-bond donors (Lipinski definition) is 1. The van der Waals surface area contributed by atoms with Crippen molar-refractivity contribution in [3.8, 4) is 17.4 Å². The highest BCUT2D eigenvalue weighted by molar-refractivity contribution is 6.32. The Hall–Kier alpha value is -2.30. The van der Waals surface area contributed by atoms with Gasteiger partial charge < -0.3 is 15.2 Å². The summed E-state index contributed by atoms with van der Waals surface area (Å²) in [6, 6.07) is 15.1. The quantitative estimate of drug-likeness (QED) is 0.700. The van der Waals surface area contributed by atoms with E-state index in [9.17, 15) is 0 Å². The minimum atomic E-state index is -0.00649. The van der Waals surface area contributed by atoms with E-state index in [1.165, 1.54) is 0 Å². The van der Waals surface area contributed by atoms with Crippen LogP contribution < -0.4 is 15.2 Å². The van der Waals surface area contributed by atoms with E-state index in [1.54, 1.807) is 12.1 Å². The van der Waals surface area contributed by atoms with E-state index in [1.807, 2.05) is 50.2 Å². The third-order valence-electron chi connectivity index (χ3n) is 3.64. The number of nitrogens with zero attached hydrogens (tertiary/aromatic N) is 1. The molecular weight excluding hydrogens is 324 g/mol. The van der Waals surface area contributed by atoms with Crippen molar-refractivity contribution in [2.24, 2.45) is 5.73 Å². The van der Waals surface area contributed by atoms with Crippen LogP contribution in [0.4, 0.5) is 0 Å². The Kier molecular flexibility index (Phi) is 4.88. The van der Waals surface area contributed by atoms with Gasteiger partial charge in [0.25, 0.3) is 0 Å². The Labute approximate surface area is 146 Å². The van der Waals surface area contributed by atoms with Crippen LogP contribution in [-0.2, 0) is 0 Å². The molecule has 4 nitrogen and oxygen atoms in total. The van der Waals surface area contributed by atoms with Crippen LogP contribution in [0.25, 0.3) is 10.9 Å². The van der Waals surface area contributed by atoms with E-state index in [-0.39, 0.29) is 6.04 Å². The molecule has 2 N–H and O–H groups in total. The molecule has 1 unspecified atom stereocenters. The summed E-state index contributed by atoms with van der Waals surface area (Å²) in [7, 11) is 0. The van der Waals surface area contributed by atoms with Crippen molar-refractivity contribution in [3.63, 3.8) is 0 Å². The highest BCUT2D eigenvalue weighted by Crippen LogP contribution is 2.32. The average molecular weight is 343 g/mol. The summed E-state index contributed by atoms with van der Waals surface area (Å²) in [5, 5.41) is 1.50. The molecule has 5 heteroatoms. The largest absolute Gasteiger partial charge is 0.494 e. The molecule has 3 aromatic rings. The van der Waals surface area contributed by atoms with E-state index in [2.05, 4.69) is 4.98 Å². The zero-order valence-corrected chi connectivity index (χ0v) is 14.4. The van der Waals surface area contributed by atoms with Gasteiger partial charge in [-0.05, 0) is 49.7 Å². The summed E-state index contributed by atoms with van der Waals surface area (Å²) in [5.74, 6) is 1.74. The normalized spacial score (nSPS) is 12.2. The zero-order chi connectivity index (χ0) is 17.1. The Morgan fingerprint density at radius 3 is 2.67 bits per heavy atom. The second-order valence-electron chi connectivity index (χ2n) is 5.52. The second-order valence-corrected chi connectivity index (χ2v) is 5.92. The SMILES string of the molecule is CCOc1ccc(Oc2ccc3cc(C(C)N)ccc3n2)c(Cl)c1. The molecule has 2 aromatic carbocycles. The maximum atomic E-state index is 6.24. The average Bonchev–Trinajstić information content (AvgIpc) is 2.57. The van der Waals surface area contributed by atoms with Gasteiger partial charge in [-0.2, -0.15) is 0 Å². The Bertz CT molecular complexity index is 865. The van der Waals surface area contributed by atoms with Crippen LogP contribution in [0.2, 0.25) is 5.02 Å². The third-order valence-corrected chi connectivity index (χ3v) is 3.94. The highest BCUT2D eigenvalue weighted by atomic mass is 35.5. The maximum Gasteiger partial charge on any atom is 0.219 e. The van der Waals surface area contributed by atoms with Crippen molar-refractivity contribution in [2.45, 2.75) is 19.9 Å². The fourth-order valence-electron chi connectivity index (χ4n) is 2.40. The molecule has 0 aliphatic rings. The molecule has 0 radical (unpaired) electrons. The first-order valence-electron chi connectivity index (χ1n) is 7.83. The number of halogens is 1. The predicted molar refractivity (Wildman–Crippen MR) is 97.0 cm³/mol. The van der Waals surface area contributed by atoms with Crippen LogP contribution >= 0.6 is 11.6 Å². The second kappa shape index (κ2) is 7.07. The summed E-state index contributed by atoms with van der Waals surface area (Å²) in [4.78, 5) is 4.52. The van der Waals surface area contributed by atoms with Crippen molar-refractivity contribution >= 4 is 22.5 Å². The molecule has 0 bridgehead atoms. The minimum absolute atomic E-state index is 0.00649. The van der Waals surface area contributed by atoms with Crippen molar-refractivity contribution in [3.05, 3.63) is 59.1 Å². The molecule has 0 spiro atoms. The van der Waals surface area contributed by atoms with E-state index in [0.29, 0.717) is 29.0 Å². The molecule has 24 heavy (non-hydrogen) atoms. The Morgan fingerprint density at radius 1 is 1.12 bits per heavy atom. The summed E-state index contributed by atoms with van der Waals surface area (Å²) >= 11 is 6.24. The van der Waals surface area contributed by atoms with Gasteiger partial charge in [-0.1, -0.05) is 17.7 Å². The molecule has 1 heterocycles. The van der Waals surface area contributed by atoms with Crippen LogP contribution in [0.3, 0.4) is 0 Å². The van der Waals surface area contributed by atoms with Gasteiger partial charge in [0, 0.05) is 23.6 Å². The molecule has 1 atom stereocenters. The van der Waals surface area contributed by atoms with Crippen LogP contribution in [0.15, 0.2) is 48.5 Å². The Balaban J connectivity index is 1.86. The molecule has 0 aliphatic heterocycles. The first-order chi connectivity index (χ1) is 11.6. The fourth-order valence-corrected chi connectivity index (χ4v) is 2.61. The summed E-state index contributed by atoms with van der Waals surface area (Å²) in [6.45, 7) is 4.47. The van der Waals surface area contributed by atoms with Gasteiger partial charge >= 0.3 is 0 Å². The van der Waals surface area contributed by atoms with Crippen LogP contribution in [0.1, 0.15) is 25.5 Å². The summed E-state index contributed by atoms with van der Waals surface area (Å²) in [5.41, 5.74) is 7.84. The lowest BCUT2D eigenvalue weighted by Crippen LogP contribution is -2.04. The third kappa shape index (κ3) is 3.61. The van der Waals surface area contributed by atoms with Gasteiger partial charge in [0.1, 0.15) is 11.5 Å². The van der Waals surface area contributed by atoms with Crippen molar-refractivity contribution < 1.29 is 9.47 Å². The number of hydrogen-bond acceptors (Lipinski definition) is 4. The van der Waals surface area contributed by atoms with Gasteiger partial charge in [0.05, 0.1) is 17.1 Å². The van der Waals surface area contributed by atoms with Crippen LogP contribution in [0.5, 0.6) is 17.4 Å². The van der Waals surface area contributed by atoms with E-state index in [0.717, 1.165) is 16.5 Å². The van der Waals surface area contributed by atoms with Crippen molar-refractivity contribution in [1.29, 1.82) is 0 Å². The number of fused-ring (bicyclic) bond motifs is 1. The van der Waals surface area contributed by atoms with E-state index < -0.39 is 0 Å². The van der Waals surface area contributed by atoms with Gasteiger partial charge in [-0.15, -0.1) is 0 Å². The lowest BCUT2D eigenvalue weighted by Gasteiger charge is -2.10. The molecule has 124 valence electrons. The highest BCUT2D eigenvalue weighted by Gasteiger charge is 2.08. The molecular formula is C19H19ClN2O2. The topological polar surface area (TPSA) is 57.4 Å². The van der Waals surface area contributed by atoms with E-state index in [4.69, 9.17) is 26.8 Å². The van der Waals surface area contributed by atoms with Crippen molar-refractivity contribution in [1.82, 2.24) is 4.98 Å². The van der Waals surface area contributed by atoms with Gasteiger partial charge in [0.2, 0.25) is 5.88 Å². The smallest absolute Gasteiger partial charge is 0.219 e. The summed E-state index contributed by atoms with van der Waals surface area (Å²) in [6.07, 6.45) is 0. The van der Waals surface area contributed by atoms with Crippen LogP contribution in [-0.4, -0.2) is 11.6 Å². The van der Waals surface area contributed by atoms with Crippen molar-refractivity contribution in [2.75, 3.05) is 6.61 Å². The fraction of sp³-hybridized carbons (Fsp3) is 0.211. The van der Waals surface area contributed by atoms with Gasteiger partial charge in [-0.3, -0.25) is 0 Å². The Morgan fingerprint density at radius 2 is 1.96 bits per heavy atom. The number of pyridine rings is 1. The number of rotatable bonds is 5. The predicted octanol–water partition coefficient (Wildman–Crippen LogP) is 5.10. The standard InChI is InChI=1S/C19H19ClN2O2/c1-3-23-15-6-8-18(16(20)11-15)24-19-9-5-14-10-13(12(2)21)4-7-17(14)22-19/h4-12H,3,21H2,1-2H3. The van der Waals surface area contributed by atoms with Crippen LogP contribution in [0, 0.1) is 0 Å². The number of ether oxygens (including phenoxy) is 2. The maximum absolute atomic E-state index is 6.24. The first kappa shape index (κ1) is 16.6. The van der Waals surface area contributed by atoms with E-state index >= 15 is 0 Å². The zero-order valence-electron chi connectivity index (χ0n) is 13.6. The molecule has 1 aromatic heterocycles. The number of aromatic nitrogens is 1. The molecule has 0 saturated heterocycles. The van der Waals surface area contributed by atoms with Gasteiger partial charge in [-0.25, -0.2) is 4.98 Å². The molecule has 0 saturated carbocycles. The number of nitrogens with two attached hydrogens (primary N) is 1. The summed E-state index contributed by atoms with van der Waals surface area (Å²) < 4.78 is 11.2. The first-order valence-corrected chi connectivity index (χ1v) is 8.21. The lowest BCUT2D eigenvalue weighted by atomic mass is 10.1. The van der Waals surface area contributed by atoms with Gasteiger partial charge in [0.15, 0.2) is 0 Å². The lowest BCUT2D eigenvalue weighted by molar-refractivity contribution is 0.339.